The van der Waals surface area contributed by atoms with E-state index in [1.165, 1.54) is 16.7 Å². The molecule has 2 rings (SSSR count). The molecule has 1 N–H and O–H groups in total. The standard InChI is InChI=1S/C11H11BrN2O2S/c1-6-10(15)13-8-5-7(14(2)11(12)16)3-4-9(8)17-6/h3-6H,1-2H3,(H,13,15). The maximum absolute atomic E-state index is 11.6. The van der Waals surface area contributed by atoms with Gasteiger partial charge in [-0.25, -0.2) is 0 Å². The molecule has 2 amide bonds. The molecule has 90 valence electrons. The molecule has 1 atom stereocenters. The molecule has 0 aromatic heterocycles. The number of carbonyl (C=O) groups is 2. The summed E-state index contributed by atoms with van der Waals surface area (Å²) in [6.07, 6.45) is 0. The largest absolute Gasteiger partial charge is 0.324 e. The van der Waals surface area contributed by atoms with Crippen LogP contribution in [-0.2, 0) is 4.79 Å². The Hall–Kier alpha value is -1.01. The second kappa shape index (κ2) is 4.70. The number of benzene rings is 1. The smallest absolute Gasteiger partial charge is 0.293 e. The van der Waals surface area contributed by atoms with Gasteiger partial charge in [0.1, 0.15) is 0 Å². The van der Waals surface area contributed by atoms with Crippen LogP contribution in [0.5, 0.6) is 0 Å². The lowest BCUT2D eigenvalue weighted by Gasteiger charge is -2.23. The van der Waals surface area contributed by atoms with Crippen LogP contribution in [0.4, 0.5) is 16.2 Å². The summed E-state index contributed by atoms with van der Waals surface area (Å²) >= 11 is 4.41. The molecule has 0 bridgehead atoms. The highest BCUT2D eigenvalue weighted by Crippen LogP contribution is 2.37. The van der Waals surface area contributed by atoms with E-state index in [0.717, 1.165) is 16.3 Å². The number of halogens is 1. The molecule has 1 aliphatic rings. The highest BCUT2D eigenvalue weighted by molar-refractivity contribution is 9.18. The molecule has 0 saturated carbocycles. The van der Waals surface area contributed by atoms with Gasteiger partial charge in [-0.05, 0) is 25.1 Å². The third-order valence-electron chi connectivity index (χ3n) is 2.54. The number of anilines is 2. The van der Waals surface area contributed by atoms with Gasteiger partial charge in [-0.15, -0.1) is 11.8 Å². The fourth-order valence-electron chi connectivity index (χ4n) is 1.51. The van der Waals surface area contributed by atoms with Crippen LogP contribution in [0.2, 0.25) is 0 Å². The van der Waals surface area contributed by atoms with Crippen LogP contribution < -0.4 is 10.2 Å². The first-order chi connectivity index (χ1) is 7.99. The topological polar surface area (TPSA) is 49.4 Å². The summed E-state index contributed by atoms with van der Waals surface area (Å²) < 4.78 is 0. The fourth-order valence-corrected chi connectivity index (χ4v) is 2.64. The van der Waals surface area contributed by atoms with Crippen molar-refractivity contribution in [2.75, 3.05) is 17.3 Å². The van der Waals surface area contributed by atoms with E-state index < -0.39 is 0 Å². The van der Waals surface area contributed by atoms with E-state index in [1.54, 1.807) is 13.1 Å². The summed E-state index contributed by atoms with van der Waals surface area (Å²) in [4.78, 5) is 25.0. The van der Waals surface area contributed by atoms with E-state index in [1.807, 2.05) is 19.1 Å². The lowest BCUT2D eigenvalue weighted by atomic mass is 10.2. The van der Waals surface area contributed by atoms with E-state index in [-0.39, 0.29) is 16.0 Å². The van der Waals surface area contributed by atoms with Crippen LogP contribution in [0.1, 0.15) is 6.92 Å². The molecule has 1 unspecified atom stereocenters. The summed E-state index contributed by atoms with van der Waals surface area (Å²) in [5, 5.41) is 2.75. The van der Waals surface area contributed by atoms with Crippen LogP contribution in [0, 0.1) is 0 Å². The predicted molar refractivity (Wildman–Crippen MR) is 73.1 cm³/mol. The molecule has 1 aliphatic heterocycles. The summed E-state index contributed by atoms with van der Waals surface area (Å²) in [5.41, 5.74) is 1.50. The molecule has 0 spiro atoms. The van der Waals surface area contributed by atoms with E-state index in [2.05, 4.69) is 21.2 Å². The zero-order valence-electron chi connectivity index (χ0n) is 9.36. The zero-order valence-corrected chi connectivity index (χ0v) is 11.8. The molecule has 1 heterocycles. The van der Waals surface area contributed by atoms with Gasteiger partial charge in [-0.3, -0.25) is 9.59 Å². The molecule has 0 saturated heterocycles. The molecule has 4 nitrogen and oxygen atoms in total. The van der Waals surface area contributed by atoms with Gasteiger partial charge in [0.25, 0.3) is 4.82 Å². The minimum absolute atomic E-state index is 0.00697. The Morgan fingerprint density at radius 3 is 2.88 bits per heavy atom. The van der Waals surface area contributed by atoms with Gasteiger partial charge in [0.15, 0.2) is 0 Å². The van der Waals surface area contributed by atoms with Crippen LogP contribution >= 0.6 is 27.7 Å². The quantitative estimate of drug-likeness (QED) is 0.640. The van der Waals surface area contributed by atoms with Crippen molar-refractivity contribution in [2.45, 2.75) is 17.1 Å². The Morgan fingerprint density at radius 1 is 1.53 bits per heavy atom. The number of carbonyl (C=O) groups excluding carboxylic acids is 2. The van der Waals surface area contributed by atoms with Gasteiger partial charge in [0.05, 0.1) is 10.9 Å². The van der Waals surface area contributed by atoms with E-state index in [0.29, 0.717) is 0 Å². The number of nitrogens with zero attached hydrogens (tertiary/aromatic N) is 1. The second-order valence-electron chi connectivity index (χ2n) is 3.74. The van der Waals surface area contributed by atoms with Crippen molar-refractivity contribution in [1.29, 1.82) is 0 Å². The first kappa shape index (κ1) is 12.4. The van der Waals surface area contributed by atoms with Gasteiger partial charge in [-0.1, -0.05) is 0 Å². The fraction of sp³-hybridized carbons (Fsp3) is 0.273. The first-order valence-corrected chi connectivity index (χ1v) is 6.71. The van der Waals surface area contributed by atoms with Gasteiger partial charge < -0.3 is 10.2 Å². The van der Waals surface area contributed by atoms with Crippen molar-refractivity contribution in [3.63, 3.8) is 0 Å². The lowest BCUT2D eigenvalue weighted by Crippen LogP contribution is -2.27. The van der Waals surface area contributed by atoms with Crippen molar-refractivity contribution in [1.82, 2.24) is 0 Å². The average molecular weight is 315 g/mol. The number of amides is 2. The maximum Gasteiger partial charge on any atom is 0.293 e. The summed E-state index contributed by atoms with van der Waals surface area (Å²) in [5.74, 6) is -0.00697. The van der Waals surface area contributed by atoms with Crippen molar-refractivity contribution < 1.29 is 9.59 Å². The first-order valence-electron chi connectivity index (χ1n) is 5.04. The van der Waals surface area contributed by atoms with Crippen molar-refractivity contribution in [3.8, 4) is 0 Å². The highest BCUT2D eigenvalue weighted by atomic mass is 79.9. The zero-order chi connectivity index (χ0) is 12.6. The molecule has 0 radical (unpaired) electrons. The summed E-state index contributed by atoms with van der Waals surface area (Å²) in [7, 11) is 1.67. The molecular formula is C11H11BrN2O2S. The third-order valence-corrected chi connectivity index (χ3v) is 4.25. The van der Waals surface area contributed by atoms with Crippen LogP contribution in [0.3, 0.4) is 0 Å². The molecule has 1 aromatic rings. The van der Waals surface area contributed by atoms with Gasteiger partial charge in [0.2, 0.25) is 5.91 Å². The molecule has 0 fully saturated rings. The lowest BCUT2D eigenvalue weighted by molar-refractivity contribution is -0.115. The van der Waals surface area contributed by atoms with E-state index in [9.17, 15) is 9.59 Å². The van der Waals surface area contributed by atoms with Crippen molar-refractivity contribution in [2.24, 2.45) is 0 Å². The Bertz CT molecular complexity index is 492. The molecule has 6 heteroatoms. The third kappa shape index (κ3) is 2.47. The Labute approximate surface area is 112 Å². The molecule has 0 aliphatic carbocycles. The van der Waals surface area contributed by atoms with Crippen LogP contribution in [0.25, 0.3) is 0 Å². The predicted octanol–water partition coefficient (Wildman–Crippen LogP) is 3.07. The number of rotatable bonds is 1. The second-order valence-corrected chi connectivity index (χ2v) is 5.80. The Balaban J connectivity index is 2.35. The molecular weight excluding hydrogens is 304 g/mol. The van der Waals surface area contributed by atoms with Crippen molar-refractivity contribution in [3.05, 3.63) is 18.2 Å². The number of fused-ring (bicyclic) bond motifs is 1. The Morgan fingerprint density at radius 2 is 2.24 bits per heavy atom. The highest BCUT2D eigenvalue weighted by Gasteiger charge is 2.23. The van der Waals surface area contributed by atoms with Gasteiger partial charge >= 0.3 is 0 Å². The maximum atomic E-state index is 11.6. The molecule has 17 heavy (non-hydrogen) atoms. The monoisotopic (exact) mass is 314 g/mol. The minimum Gasteiger partial charge on any atom is -0.324 e. The average Bonchev–Trinajstić information content (AvgIpc) is 2.29. The molecule has 1 aromatic carbocycles. The van der Waals surface area contributed by atoms with Crippen LogP contribution in [-0.4, -0.2) is 23.0 Å². The minimum atomic E-state index is -0.222. The number of hydrogen-bond acceptors (Lipinski definition) is 3. The SMILES string of the molecule is CC1Sc2ccc(N(C)C(=O)Br)cc2NC1=O. The number of hydrogen-bond donors (Lipinski definition) is 1. The van der Waals surface area contributed by atoms with E-state index >= 15 is 0 Å². The summed E-state index contributed by atoms with van der Waals surface area (Å²) in [6.45, 7) is 1.87. The summed E-state index contributed by atoms with van der Waals surface area (Å²) in [6, 6.07) is 5.57. The van der Waals surface area contributed by atoms with Crippen molar-refractivity contribution >= 4 is 49.8 Å². The Kier molecular flexibility index (Phi) is 3.44. The van der Waals surface area contributed by atoms with Gasteiger partial charge in [0, 0.05) is 33.6 Å². The number of thioether (sulfide) groups is 1. The van der Waals surface area contributed by atoms with Crippen LogP contribution in [0.15, 0.2) is 23.1 Å². The number of nitrogens with one attached hydrogen (secondary N) is 1. The van der Waals surface area contributed by atoms with Gasteiger partial charge in [-0.2, -0.15) is 0 Å². The normalized spacial score (nSPS) is 18.3. The van der Waals surface area contributed by atoms with E-state index in [4.69, 9.17) is 0 Å².